The summed E-state index contributed by atoms with van der Waals surface area (Å²) in [6, 6.07) is 4.64. The van der Waals surface area contributed by atoms with Crippen molar-refractivity contribution in [2.75, 3.05) is 6.61 Å². The van der Waals surface area contributed by atoms with Gasteiger partial charge < -0.3 is 4.74 Å². The van der Waals surface area contributed by atoms with Crippen LogP contribution in [0.2, 0.25) is 0 Å². The van der Waals surface area contributed by atoms with Crippen molar-refractivity contribution in [1.82, 2.24) is 0 Å². The number of ether oxygens (including phenoxy) is 1. The number of carbonyl (C=O) groups is 1. The third kappa shape index (κ3) is 1.68. The van der Waals surface area contributed by atoms with E-state index in [1.54, 1.807) is 6.07 Å². The lowest BCUT2D eigenvalue weighted by Gasteiger charge is -2.09. The van der Waals surface area contributed by atoms with Gasteiger partial charge in [-0.2, -0.15) is 0 Å². The molecule has 1 fully saturated rings. The Morgan fingerprint density at radius 3 is 2.93 bits per heavy atom. The molecule has 1 atom stereocenters. The summed E-state index contributed by atoms with van der Waals surface area (Å²) in [6.45, 7) is 0.738. The van der Waals surface area contributed by atoms with E-state index in [2.05, 4.69) is 0 Å². The zero-order chi connectivity index (χ0) is 9.97. The van der Waals surface area contributed by atoms with Crippen LogP contribution in [-0.2, 0) is 4.74 Å². The van der Waals surface area contributed by atoms with Gasteiger partial charge in [0, 0.05) is 6.61 Å². The van der Waals surface area contributed by atoms with Gasteiger partial charge in [-0.15, -0.1) is 0 Å². The molecular weight excluding hydrogens is 183 g/mol. The van der Waals surface area contributed by atoms with Crippen LogP contribution in [0.1, 0.15) is 34.9 Å². The van der Waals surface area contributed by atoms with Crippen molar-refractivity contribution >= 4 is 6.29 Å². The molecule has 0 aromatic heterocycles. The van der Waals surface area contributed by atoms with Crippen LogP contribution in [0, 0.1) is 5.82 Å². The van der Waals surface area contributed by atoms with Crippen molar-refractivity contribution in [3.05, 3.63) is 35.1 Å². The topological polar surface area (TPSA) is 26.3 Å². The molecule has 1 aromatic rings. The molecule has 1 aliphatic rings. The van der Waals surface area contributed by atoms with E-state index < -0.39 is 5.82 Å². The van der Waals surface area contributed by atoms with Gasteiger partial charge in [0.1, 0.15) is 5.82 Å². The molecule has 3 heteroatoms. The second-order valence-electron chi connectivity index (χ2n) is 3.40. The van der Waals surface area contributed by atoms with Crippen molar-refractivity contribution in [3.63, 3.8) is 0 Å². The molecule has 14 heavy (non-hydrogen) atoms. The average Bonchev–Trinajstić information content (AvgIpc) is 2.70. The third-order valence-electron chi connectivity index (χ3n) is 2.45. The average molecular weight is 194 g/mol. The summed E-state index contributed by atoms with van der Waals surface area (Å²) >= 11 is 0. The maximum Gasteiger partial charge on any atom is 0.152 e. The molecule has 1 saturated heterocycles. The number of halogens is 1. The van der Waals surface area contributed by atoms with Crippen molar-refractivity contribution in [2.24, 2.45) is 0 Å². The first-order valence-electron chi connectivity index (χ1n) is 4.67. The fourth-order valence-corrected chi connectivity index (χ4v) is 1.68. The summed E-state index contributed by atoms with van der Waals surface area (Å²) in [5, 5.41) is 0. The minimum absolute atomic E-state index is 0.00482. The van der Waals surface area contributed by atoms with E-state index in [1.807, 2.05) is 0 Å². The zero-order valence-electron chi connectivity index (χ0n) is 7.70. The molecule has 0 N–H and O–H groups in total. The first kappa shape index (κ1) is 9.34. The van der Waals surface area contributed by atoms with E-state index in [4.69, 9.17) is 4.74 Å². The molecule has 2 rings (SSSR count). The summed E-state index contributed by atoms with van der Waals surface area (Å²) in [7, 11) is 0. The van der Waals surface area contributed by atoms with Crippen molar-refractivity contribution < 1.29 is 13.9 Å². The van der Waals surface area contributed by atoms with Crippen LogP contribution in [0.25, 0.3) is 0 Å². The summed E-state index contributed by atoms with van der Waals surface area (Å²) in [5.74, 6) is -0.465. The van der Waals surface area contributed by atoms with Crippen molar-refractivity contribution in [2.45, 2.75) is 18.9 Å². The maximum atomic E-state index is 13.2. The highest BCUT2D eigenvalue weighted by Crippen LogP contribution is 2.29. The van der Waals surface area contributed by atoms with E-state index in [9.17, 15) is 9.18 Å². The third-order valence-corrected chi connectivity index (χ3v) is 2.45. The van der Waals surface area contributed by atoms with E-state index in [-0.39, 0.29) is 11.7 Å². The van der Waals surface area contributed by atoms with Gasteiger partial charge in [-0.25, -0.2) is 4.39 Å². The van der Waals surface area contributed by atoms with Crippen LogP contribution in [0.5, 0.6) is 0 Å². The molecule has 0 aliphatic carbocycles. The van der Waals surface area contributed by atoms with Gasteiger partial charge in [-0.3, -0.25) is 4.79 Å². The van der Waals surface area contributed by atoms with Crippen LogP contribution < -0.4 is 0 Å². The van der Waals surface area contributed by atoms with E-state index in [0.717, 1.165) is 25.0 Å². The highest BCUT2D eigenvalue weighted by molar-refractivity contribution is 5.75. The summed E-state index contributed by atoms with van der Waals surface area (Å²) < 4.78 is 18.6. The Morgan fingerprint density at radius 2 is 2.36 bits per heavy atom. The number of aldehydes is 1. The van der Waals surface area contributed by atoms with Gasteiger partial charge in [0.25, 0.3) is 0 Å². The Hall–Kier alpha value is -1.22. The largest absolute Gasteiger partial charge is 0.374 e. The first-order valence-corrected chi connectivity index (χ1v) is 4.67. The molecule has 0 bridgehead atoms. The second-order valence-corrected chi connectivity index (χ2v) is 3.40. The van der Waals surface area contributed by atoms with Gasteiger partial charge in [-0.1, -0.05) is 6.07 Å². The smallest absolute Gasteiger partial charge is 0.152 e. The van der Waals surface area contributed by atoms with Gasteiger partial charge in [0.05, 0.1) is 11.7 Å². The Kier molecular flexibility index (Phi) is 2.59. The predicted octanol–water partition coefficient (Wildman–Crippen LogP) is 2.49. The minimum Gasteiger partial charge on any atom is -0.374 e. The second kappa shape index (κ2) is 3.88. The van der Waals surface area contributed by atoms with Crippen LogP contribution in [0.4, 0.5) is 4.39 Å². The summed E-state index contributed by atoms with van der Waals surface area (Å²) in [4.78, 5) is 10.4. The maximum absolute atomic E-state index is 13.2. The SMILES string of the molecule is O=Cc1ccc([C@H]2CCCO2)cc1F. The van der Waals surface area contributed by atoms with E-state index >= 15 is 0 Å². The Balaban J connectivity index is 2.27. The standard InChI is InChI=1S/C11H11FO2/c12-10-6-8(3-4-9(10)7-13)11-2-1-5-14-11/h3-4,6-7,11H,1-2,5H2/t11-/m1/s1. The molecule has 0 radical (unpaired) electrons. The zero-order valence-corrected chi connectivity index (χ0v) is 7.70. The lowest BCUT2D eigenvalue weighted by Crippen LogP contribution is -1.98. The normalized spacial score (nSPS) is 21.1. The summed E-state index contributed by atoms with van der Waals surface area (Å²) in [5.41, 5.74) is 0.928. The van der Waals surface area contributed by atoms with Gasteiger partial charge in [-0.05, 0) is 30.5 Å². The Morgan fingerprint density at radius 1 is 1.50 bits per heavy atom. The number of hydrogen-bond donors (Lipinski definition) is 0. The van der Waals surface area contributed by atoms with E-state index in [1.165, 1.54) is 12.1 Å². The molecule has 1 aromatic carbocycles. The number of rotatable bonds is 2. The molecule has 74 valence electrons. The van der Waals surface area contributed by atoms with Gasteiger partial charge in [0.15, 0.2) is 6.29 Å². The molecule has 0 amide bonds. The molecule has 0 unspecified atom stereocenters. The molecule has 0 saturated carbocycles. The molecular formula is C11H11FO2. The first-order chi connectivity index (χ1) is 6.81. The molecule has 2 nitrogen and oxygen atoms in total. The molecule has 0 spiro atoms. The highest BCUT2D eigenvalue weighted by atomic mass is 19.1. The number of benzene rings is 1. The fourth-order valence-electron chi connectivity index (χ4n) is 1.68. The van der Waals surface area contributed by atoms with Crippen molar-refractivity contribution in [3.8, 4) is 0 Å². The molecule has 1 heterocycles. The monoisotopic (exact) mass is 194 g/mol. The van der Waals surface area contributed by atoms with Crippen LogP contribution >= 0.6 is 0 Å². The fraction of sp³-hybridized carbons (Fsp3) is 0.364. The summed E-state index contributed by atoms with van der Waals surface area (Å²) in [6.07, 6.45) is 2.47. The quantitative estimate of drug-likeness (QED) is 0.676. The van der Waals surface area contributed by atoms with Gasteiger partial charge >= 0.3 is 0 Å². The Labute approximate surface area is 81.7 Å². The van der Waals surface area contributed by atoms with Crippen molar-refractivity contribution in [1.29, 1.82) is 0 Å². The van der Waals surface area contributed by atoms with Crippen LogP contribution in [0.15, 0.2) is 18.2 Å². The minimum atomic E-state index is -0.465. The highest BCUT2D eigenvalue weighted by Gasteiger charge is 2.18. The molecule has 1 aliphatic heterocycles. The predicted molar refractivity (Wildman–Crippen MR) is 49.7 cm³/mol. The lowest BCUT2D eigenvalue weighted by molar-refractivity contribution is 0.110. The van der Waals surface area contributed by atoms with E-state index in [0.29, 0.717) is 6.29 Å². The van der Waals surface area contributed by atoms with Gasteiger partial charge in [0.2, 0.25) is 0 Å². The number of hydrogen-bond acceptors (Lipinski definition) is 2. The Bertz CT molecular complexity index is 343. The van der Waals surface area contributed by atoms with Crippen LogP contribution in [-0.4, -0.2) is 12.9 Å². The lowest BCUT2D eigenvalue weighted by atomic mass is 10.0. The number of carbonyl (C=O) groups excluding carboxylic acids is 1. The van der Waals surface area contributed by atoms with Crippen LogP contribution in [0.3, 0.4) is 0 Å².